The first-order valence-corrected chi connectivity index (χ1v) is 7.34. The maximum Gasteiger partial charge on any atom is 0.182 e. The van der Waals surface area contributed by atoms with Gasteiger partial charge in [-0.05, 0) is 47.8 Å². The number of hydrogen-bond donors (Lipinski definition) is 1. The van der Waals surface area contributed by atoms with Crippen LogP contribution in [0.4, 0.5) is 0 Å². The van der Waals surface area contributed by atoms with Gasteiger partial charge in [-0.15, -0.1) is 5.10 Å². The second-order valence-electron chi connectivity index (χ2n) is 5.70. The summed E-state index contributed by atoms with van der Waals surface area (Å²) in [6.07, 6.45) is 2.17. The van der Waals surface area contributed by atoms with Gasteiger partial charge in [-0.1, -0.05) is 38.1 Å². The van der Waals surface area contributed by atoms with Crippen LogP contribution in [0, 0.1) is 0 Å². The minimum atomic E-state index is 0.408. The third-order valence-corrected chi connectivity index (χ3v) is 3.98. The molecule has 1 aromatic carbocycles. The maximum atomic E-state index is 4.22. The van der Waals surface area contributed by atoms with Gasteiger partial charge in [0, 0.05) is 5.56 Å². The average Bonchev–Trinajstić information content (AvgIpc) is 2.97. The number of nitrogens with zero attached hydrogens (tertiary/aromatic N) is 4. The zero-order chi connectivity index (χ0) is 13.9. The van der Waals surface area contributed by atoms with Gasteiger partial charge < -0.3 is 5.32 Å². The largest absolute Gasteiger partial charge is 0.317 e. The van der Waals surface area contributed by atoms with E-state index in [-0.39, 0.29) is 0 Å². The van der Waals surface area contributed by atoms with Crippen LogP contribution in [0.15, 0.2) is 24.3 Å². The monoisotopic (exact) mass is 271 g/mol. The maximum absolute atomic E-state index is 4.22. The molecule has 106 valence electrons. The highest BCUT2D eigenvalue weighted by Gasteiger charge is 2.20. The van der Waals surface area contributed by atoms with Crippen LogP contribution in [-0.4, -0.2) is 33.3 Å². The Morgan fingerprint density at radius 1 is 1.15 bits per heavy atom. The topological polar surface area (TPSA) is 55.6 Å². The summed E-state index contributed by atoms with van der Waals surface area (Å²) in [6.45, 7) is 6.48. The Bertz CT molecular complexity index is 552. The molecule has 0 radical (unpaired) electrons. The van der Waals surface area contributed by atoms with Crippen molar-refractivity contribution in [1.82, 2.24) is 25.5 Å². The summed E-state index contributed by atoms with van der Waals surface area (Å²) in [6, 6.07) is 8.99. The molecule has 5 heteroatoms. The van der Waals surface area contributed by atoms with Crippen LogP contribution in [0.2, 0.25) is 0 Å². The number of benzene rings is 1. The molecule has 3 rings (SSSR count). The summed E-state index contributed by atoms with van der Waals surface area (Å²) < 4.78 is 1.99. The molecule has 0 unspecified atom stereocenters. The van der Waals surface area contributed by atoms with Gasteiger partial charge in [0.2, 0.25) is 0 Å². The van der Waals surface area contributed by atoms with Crippen molar-refractivity contribution in [3.05, 3.63) is 29.8 Å². The molecule has 5 nitrogen and oxygen atoms in total. The quantitative estimate of drug-likeness (QED) is 0.931. The molecular weight excluding hydrogens is 250 g/mol. The van der Waals surface area contributed by atoms with E-state index in [0.717, 1.165) is 37.3 Å². The molecular formula is C15H21N5. The molecule has 1 saturated heterocycles. The summed E-state index contributed by atoms with van der Waals surface area (Å²) in [5.74, 6) is 1.43. The van der Waals surface area contributed by atoms with Crippen LogP contribution in [0.1, 0.15) is 44.2 Å². The van der Waals surface area contributed by atoms with Crippen molar-refractivity contribution in [2.24, 2.45) is 0 Å². The van der Waals surface area contributed by atoms with Gasteiger partial charge in [0.25, 0.3) is 0 Å². The number of nitrogens with one attached hydrogen (secondary N) is 1. The molecule has 1 aliphatic heterocycles. The number of aromatic nitrogens is 4. The first-order valence-electron chi connectivity index (χ1n) is 7.34. The third kappa shape index (κ3) is 2.58. The molecule has 0 bridgehead atoms. The summed E-state index contributed by atoms with van der Waals surface area (Å²) in [7, 11) is 0. The van der Waals surface area contributed by atoms with Crippen LogP contribution in [0.25, 0.3) is 11.4 Å². The predicted molar refractivity (Wildman–Crippen MR) is 78.5 cm³/mol. The van der Waals surface area contributed by atoms with E-state index in [1.54, 1.807) is 0 Å². The van der Waals surface area contributed by atoms with E-state index in [2.05, 4.69) is 59.0 Å². The molecule has 0 aliphatic carbocycles. The normalized spacial score (nSPS) is 16.8. The van der Waals surface area contributed by atoms with E-state index in [4.69, 9.17) is 0 Å². The van der Waals surface area contributed by atoms with Gasteiger partial charge in [0.15, 0.2) is 5.82 Å². The number of tetrazole rings is 1. The van der Waals surface area contributed by atoms with E-state index in [9.17, 15) is 0 Å². The molecule has 2 heterocycles. The lowest BCUT2D eigenvalue weighted by atomic mass is 10.0. The molecule has 2 aromatic rings. The molecule has 1 N–H and O–H groups in total. The van der Waals surface area contributed by atoms with E-state index < -0.39 is 0 Å². The van der Waals surface area contributed by atoms with Crippen LogP contribution in [0.3, 0.4) is 0 Å². The lowest BCUT2D eigenvalue weighted by Crippen LogP contribution is -2.30. The Labute approximate surface area is 119 Å². The molecule has 0 amide bonds. The van der Waals surface area contributed by atoms with Gasteiger partial charge >= 0.3 is 0 Å². The van der Waals surface area contributed by atoms with Crippen molar-refractivity contribution in [3.63, 3.8) is 0 Å². The Balaban J connectivity index is 1.88. The minimum Gasteiger partial charge on any atom is -0.317 e. The highest BCUT2D eigenvalue weighted by atomic mass is 15.5. The predicted octanol–water partition coefficient (Wildman–Crippen LogP) is 2.39. The molecule has 1 aliphatic rings. The molecule has 0 saturated carbocycles. The van der Waals surface area contributed by atoms with Crippen LogP contribution in [-0.2, 0) is 0 Å². The summed E-state index contributed by atoms with van der Waals surface area (Å²) in [5, 5.41) is 15.7. The Morgan fingerprint density at radius 2 is 1.85 bits per heavy atom. The van der Waals surface area contributed by atoms with Crippen LogP contribution in [0.5, 0.6) is 0 Å². The average molecular weight is 271 g/mol. The van der Waals surface area contributed by atoms with Crippen molar-refractivity contribution in [2.75, 3.05) is 13.1 Å². The standard InChI is InChI=1S/C15H21N5/c1-11(2)12-3-5-13(6-4-12)15-17-18-19-20(15)14-7-9-16-10-8-14/h3-6,11,14,16H,7-10H2,1-2H3. The van der Waals surface area contributed by atoms with Crippen molar-refractivity contribution < 1.29 is 0 Å². The summed E-state index contributed by atoms with van der Waals surface area (Å²) >= 11 is 0. The zero-order valence-electron chi connectivity index (χ0n) is 12.1. The molecule has 0 spiro atoms. The van der Waals surface area contributed by atoms with Crippen LogP contribution < -0.4 is 5.32 Å². The summed E-state index contributed by atoms with van der Waals surface area (Å²) in [5.41, 5.74) is 2.44. The van der Waals surface area contributed by atoms with Crippen LogP contribution >= 0.6 is 0 Å². The van der Waals surface area contributed by atoms with E-state index >= 15 is 0 Å². The second kappa shape index (κ2) is 5.71. The molecule has 1 fully saturated rings. The van der Waals surface area contributed by atoms with E-state index in [1.807, 2.05) is 4.68 Å². The number of piperidine rings is 1. The Kier molecular flexibility index (Phi) is 3.78. The van der Waals surface area contributed by atoms with Gasteiger partial charge in [0.1, 0.15) is 0 Å². The third-order valence-electron chi connectivity index (χ3n) is 3.98. The highest BCUT2D eigenvalue weighted by Crippen LogP contribution is 2.25. The van der Waals surface area contributed by atoms with Gasteiger partial charge in [-0.2, -0.15) is 0 Å². The Morgan fingerprint density at radius 3 is 2.50 bits per heavy atom. The SMILES string of the molecule is CC(C)c1ccc(-c2nnnn2C2CCNCC2)cc1. The fourth-order valence-electron chi connectivity index (χ4n) is 2.70. The van der Waals surface area contributed by atoms with Gasteiger partial charge in [-0.25, -0.2) is 4.68 Å². The molecule has 20 heavy (non-hydrogen) atoms. The lowest BCUT2D eigenvalue weighted by Gasteiger charge is -2.23. The smallest absolute Gasteiger partial charge is 0.182 e. The lowest BCUT2D eigenvalue weighted by molar-refractivity contribution is 0.340. The Hall–Kier alpha value is -1.75. The van der Waals surface area contributed by atoms with Crippen molar-refractivity contribution in [2.45, 2.75) is 38.6 Å². The van der Waals surface area contributed by atoms with E-state index in [1.165, 1.54) is 5.56 Å². The second-order valence-corrected chi connectivity index (χ2v) is 5.70. The zero-order valence-corrected chi connectivity index (χ0v) is 12.1. The van der Waals surface area contributed by atoms with Crippen molar-refractivity contribution in [1.29, 1.82) is 0 Å². The first kappa shape index (κ1) is 13.2. The fourth-order valence-corrected chi connectivity index (χ4v) is 2.70. The summed E-state index contributed by atoms with van der Waals surface area (Å²) in [4.78, 5) is 0. The van der Waals surface area contributed by atoms with E-state index in [0.29, 0.717) is 12.0 Å². The highest BCUT2D eigenvalue weighted by molar-refractivity contribution is 5.55. The van der Waals surface area contributed by atoms with Crippen molar-refractivity contribution in [3.8, 4) is 11.4 Å². The number of rotatable bonds is 3. The molecule has 0 atom stereocenters. The number of hydrogen-bond acceptors (Lipinski definition) is 4. The fraction of sp³-hybridized carbons (Fsp3) is 0.533. The first-order chi connectivity index (χ1) is 9.75. The minimum absolute atomic E-state index is 0.408. The molecule has 1 aromatic heterocycles. The van der Waals surface area contributed by atoms with Crippen molar-refractivity contribution >= 4 is 0 Å². The van der Waals surface area contributed by atoms with Gasteiger partial charge in [-0.3, -0.25) is 0 Å². The van der Waals surface area contributed by atoms with Gasteiger partial charge in [0.05, 0.1) is 6.04 Å².